The van der Waals surface area contributed by atoms with Gasteiger partial charge >= 0.3 is 0 Å². The molecule has 0 aliphatic carbocycles. The Morgan fingerprint density at radius 2 is 2.19 bits per heavy atom. The highest BCUT2D eigenvalue weighted by atomic mass is 127. The largest absolute Gasteiger partial charge is 0.438 e. The number of hydrogen-bond donors (Lipinski definition) is 0. The van der Waals surface area contributed by atoms with Crippen LogP contribution in [0.5, 0.6) is 11.6 Å². The molecule has 1 aromatic carbocycles. The van der Waals surface area contributed by atoms with Gasteiger partial charge in [-0.15, -0.1) is 11.8 Å². The molecule has 0 bridgehead atoms. The number of pyridine rings is 1. The van der Waals surface area contributed by atoms with E-state index in [2.05, 4.69) is 61.7 Å². The van der Waals surface area contributed by atoms with Crippen LogP contribution >= 0.6 is 50.3 Å². The third-order valence-electron chi connectivity index (χ3n) is 3.79. The first-order chi connectivity index (χ1) is 10.2. The number of aliphatic imine (C=N–C) groups is 1. The molecular weight excluding hydrogens is 463 g/mol. The van der Waals surface area contributed by atoms with Gasteiger partial charge in [0.2, 0.25) is 5.88 Å². The number of halogens is 2. The van der Waals surface area contributed by atoms with Crippen LogP contribution in [0.1, 0.15) is 17.5 Å². The number of rotatable bonds is 0. The normalized spacial score (nSPS) is 22.6. The van der Waals surface area contributed by atoms with Crippen molar-refractivity contribution in [1.29, 1.82) is 0 Å². The molecule has 4 rings (SSSR count). The fourth-order valence-electron chi connectivity index (χ4n) is 2.83. The molecule has 3 nitrogen and oxygen atoms in total. The van der Waals surface area contributed by atoms with Crippen LogP contribution in [-0.2, 0) is 5.54 Å². The van der Waals surface area contributed by atoms with E-state index in [1.165, 1.54) is 3.57 Å². The number of benzene rings is 1. The molecule has 3 heterocycles. The Labute approximate surface area is 148 Å². The molecular formula is C15H10BrIN2OS. The maximum Gasteiger partial charge on any atom is 0.225 e. The van der Waals surface area contributed by atoms with E-state index in [4.69, 9.17) is 9.73 Å². The second-order valence-corrected chi connectivity index (χ2v) is 8.08. The van der Waals surface area contributed by atoms with Gasteiger partial charge in [0.05, 0.1) is 5.55 Å². The van der Waals surface area contributed by atoms with E-state index in [-0.39, 0.29) is 5.54 Å². The summed E-state index contributed by atoms with van der Waals surface area (Å²) in [5.41, 5.74) is 3.77. The molecule has 0 saturated heterocycles. The summed E-state index contributed by atoms with van der Waals surface area (Å²) < 4.78 is 8.14. The third-order valence-corrected chi connectivity index (χ3v) is 5.59. The van der Waals surface area contributed by atoms with Gasteiger partial charge in [-0.05, 0) is 69.2 Å². The maximum atomic E-state index is 6.00. The molecule has 1 spiro atoms. The highest BCUT2D eigenvalue weighted by molar-refractivity contribution is 14.1. The Morgan fingerprint density at radius 1 is 1.29 bits per heavy atom. The fourth-order valence-corrected chi connectivity index (χ4v) is 4.42. The topological polar surface area (TPSA) is 34.5 Å². The van der Waals surface area contributed by atoms with Crippen LogP contribution in [0.15, 0.2) is 39.9 Å². The zero-order chi connectivity index (χ0) is 14.4. The van der Waals surface area contributed by atoms with Crippen molar-refractivity contribution >= 4 is 55.8 Å². The molecule has 0 radical (unpaired) electrons. The van der Waals surface area contributed by atoms with Crippen LogP contribution in [0.3, 0.4) is 0 Å². The predicted molar refractivity (Wildman–Crippen MR) is 97.5 cm³/mol. The summed E-state index contributed by atoms with van der Waals surface area (Å²) in [5, 5.41) is 0. The second kappa shape index (κ2) is 5.24. The lowest BCUT2D eigenvalue weighted by atomic mass is 9.79. The second-order valence-electron chi connectivity index (χ2n) is 4.96. The van der Waals surface area contributed by atoms with Crippen LogP contribution in [0.2, 0.25) is 0 Å². The van der Waals surface area contributed by atoms with E-state index < -0.39 is 0 Å². The first-order valence-electron chi connectivity index (χ1n) is 6.48. The monoisotopic (exact) mass is 472 g/mol. The minimum absolute atomic E-state index is 0.369. The molecule has 1 aromatic heterocycles. The minimum atomic E-state index is -0.369. The number of ether oxygens (including phenoxy) is 1. The lowest BCUT2D eigenvalue weighted by Crippen LogP contribution is -2.32. The van der Waals surface area contributed by atoms with Crippen molar-refractivity contribution in [3.8, 4) is 11.6 Å². The van der Waals surface area contributed by atoms with Crippen molar-refractivity contribution in [2.45, 2.75) is 12.0 Å². The van der Waals surface area contributed by atoms with Crippen LogP contribution in [0, 0.1) is 3.57 Å². The van der Waals surface area contributed by atoms with Gasteiger partial charge in [0.1, 0.15) is 11.3 Å². The molecule has 0 saturated carbocycles. The van der Waals surface area contributed by atoms with E-state index in [1.807, 2.05) is 11.6 Å². The molecule has 0 fully saturated rings. The number of fused-ring (bicyclic) bond motifs is 4. The number of thioether (sulfide) groups is 1. The van der Waals surface area contributed by atoms with Gasteiger partial charge in [0.15, 0.2) is 0 Å². The smallest absolute Gasteiger partial charge is 0.225 e. The highest BCUT2D eigenvalue weighted by Crippen LogP contribution is 2.52. The molecule has 6 heteroatoms. The van der Waals surface area contributed by atoms with Gasteiger partial charge in [-0.3, -0.25) is 4.99 Å². The Balaban J connectivity index is 2.04. The summed E-state index contributed by atoms with van der Waals surface area (Å²) in [7, 11) is 0. The predicted octanol–water partition coefficient (Wildman–Crippen LogP) is 4.96. The molecule has 1 atom stereocenters. The maximum absolute atomic E-state index is 6.00. The highest BCUT2D eigenvalue weighted by Gasteiger charge is 2.43. The average molecular weight is 473 g/mol. The molecule has 2 aliphatic heterocycles. The molecule has 1 unspecified atom stereocenters. The molecule has 106 valence electrons. The van der Waals surface area contributed by atoms with E-state index in [9.17, 15) is 0 Å². The lowest BCUT2D eigenvalue weighted by Gasteiger charge is -2.38. The van der Waals surface area contributed by atoms with Gasteiger partial charge in [0.25, 0.3) is 0 Å². The summed E-state index contributed by atoms with van der Waals surface area (Å²) in [6.07, 6.45) is 2.72. The van der Waals surface area contributed by atoms with E-state index in [0.717, 1.165) is 33.5 Å². The van der Waals surface area contributed by atoms with Gasteiger partial charge in [-0.2, -0.15) is 0 Å². The van der Waals surface area contributed by atoms with Crippen molar-refractivity contribution in [3.05, 3.63) is 49.6 Å². The summed E-state index contributed by atoms with van der Waals surface area (Å²) >= 11 is 7.61. The first kappa shape index (κ1) is 14.0. The molecule has 2 aromatic rings. The number of nitrogens with zero attached hydrogens (tertiary/aromatic N) is 2. The Kier molecular flexibility index (Phi) is 3.50. The van der Waals surface area contributed by atoms with Gasteiger partial charge < -0.3 is 4.74 Å². The summed E-state index contributed by atoms with van der Waals surface area (Å²) in [5.74, 6) is 2.57. The molecule has 2 aliphatic rings. The van der Waals surface area contributed by atoms with E-state index in [0.29, 0.717) is 5.88 Å². The average Bonchev–Trinajstić information content (AvgIpc) is 2.50. The summed E-state index contributed by atoms with van der Waals surface area (Å²) in [6, 6.07) is 8.33. The van der Waals surface area contributed by atoms with Crippen molar-refractivity contribution in [2.24, 2.45) is 4.99 Å². The molecule has 21 heavy (non-hydrogen) atoms. The zero-order valence-electron chi connectivity index (χ0n) is 10.8. The zero-order valence-corrected chi connectivity index (χ0v) is 15.4. The van der Waals surface area contributed by atoms with Crippen LogP contribution in [-0.4, -0.2) is 16.3 Å². The van der Waals surface area contributed by atoms with Crippen LogP contribution in [0.4, 0.5) is 0 Å². The van der Waals surface area contributed by atoms with Crippen molar-refractivity contribution in [3.63, 3.8) is 0 Å². The SMILES string of the molecule is Brc1cnc2c(c1)C1(CCSC=N1)c1cc(I)ccc1O2. The molecule has 0 amide bonds. The number of hydrogen-bond acceptors (Lipinski definition) is 4. The van der Waals surface area contributed by atoms with E-state index in [1.54, 1.807) is 18.0 Å². The van der Waals surface area contributed by atoms with Crippen molar-refractivity contribution in [1.82, 2.24) is 4.98 Å². The van der Waals surface area contributed by atoms with Gasteiger partial charge in [-0.25, -0.2) is 4.98 Å². The Hall–Kier alpha value is -0.600. The fraction of sp³-hybridized carbons (Fsp3) is 0.200. The Morgan fingerprint density at radius 3 is 3.00 bits per heavy atom. The van der Waals surface area contributed by atoms with Crippen LogP contribution in [0.25, 0.3) is 0 Å². The lowest BCUT2D eigenvalue weighted by molar-refractivity contribution is 0.378. The summed E-state index contributed by atoms with van der Waals surface area (Å²) in [6.45, 7) is 0. The Bertz CT molecular complexity index is 714. The van der Waals surface area contributed by atoms with Crippen molar-refractivity contribution in [2.75, 3.05) is 5.75 Å². The summed E-state index contributed by atoms with van der Waals surface area (Å²) in [4.78, 5) is 9.32. The quantitative estimate of drug-likeness (QED) is 0.508. The van der Waals surface area contributed by atoms with Crippen molar-refractivity contribution < 1.29 is 4.74 Å². The van der Waals surface area contributed by atoms with Crippen LogP contribution < -0.4 is 4.74 Å². The standard InChI is InChI=1S/C15H10BrIN2OS/c16-9-5-12-14(18-7-9)20-13-2-1-10(17)6-11(13)15(12)3-4-21-8-19-15/h1-2,5-8H,3-4H2. The third kappa shape index (κ3) is 2.22. The van der Waals surface area contributed by atoms with Gasteiger partial charge in [-0.1, -0.05) is 0 Å². The minimum Gasteiger partial charge on any atom is -0.438 e. The van der Waals surface area contributed by atoms with E-state index >= 15 is 0 Å². The van der Waals surface area contributed by atoms with Gasteiger partial charge in [0, 0.05) is 31.1 Å². The number of aromatic nitrogens is 1. The first-order valence-corrected chi connectivity index (χ1v) is 9.40. The molecule has 0 N–H and O–H groups in total.